The molecular formula is C24H38O2. The highest BCUT2D eigenvalue weighted by Crippen LogP contribution is 2.24. The summed E-state index contributed by atoms with van der Waals surface area (Å²) in [6, 6.07) is 0. The van der Waals surface area contributed by atoms with Crippen LogP contribution in [0.4, 0.5) is 0 Å². The second-order valence-corrected chi connectivity index (χ2v) is 6.85. The van der Waals surface area contributed by atoms with Gasteiger partial charge in [0.15, 0.2) is 0 Å². The zero-order valence-electron chi connectivity index (χ0n) is 17.2. The molecule has 26 heavy (non-hydrogen) atoms. The minimum atomic E-state index is -0.401. The van der Waals surface area contributed by atoms with Crippen LogP contribution in [0.2, 0.25) is 0 Å². The maximum absolute atomic E-state index is 11.8. The Kier molecular flexibility index (Phi) is 15.5. The Hall–Kier alpha value is -1.83. The predicted octanol–water partition coefficient (Wildman–Crippen LogP) is 7.11. The third-order valence-corrected chi connectivity index (χ3v) is 3.92. The van der Waals surface area contributed by atoms with Crippen LogP contribution >= 0.6 is 0 Å². The van der Waals surface area contributed by atoms with Gasteiger partial charge >= 0.3 is 5.97 Å². The summed E-state index contributed by atoms with van der Waals surface area (Å²) >= 11 is 0. The summed E-state index contributed by atoms with van der Waals surface area (Å²) in [4.78, 5) is 11.8. The van der Waals surface area contributed by atoms with Gasteiger partial charge in [-0.15, -0.1) is 0 Å². The highest BCUT2D eigenvalue weighted by atomic mass is 16.5. The molecule has 2 heteroatoms. The molecule has 0 heterocycles. The van der Waals surface area contributed by atoms with Gasteiger partial charge in [0, 0.05) is 0 Å². The number of esters is 1. The van der Waals surface area contributed by atoms with Crippen LogP contribution in [0.15, 0.2) is 60.8 Å². The van der Waals surface area contributed by atoms with Crippen LogP contribution in [0, 0.1) is 5.41 Å². The standard InChI is InChI=1S/C24H38O2/c1-5-7-8-9-10-11-12-13-14-15-16-17-18-19-20-21-22-24(3,4)23(25)26-6-2/h7-8,10-11,13-14,16-17,19-20H,5-6,9,12,15,18,21-22H2,1-4H3/b8-7-,11-10-,14-13-,17-16-,20-19-. The molecule has 0 fully saturated rings. The largest absolute Gasteiger partial charge is 0.466 e. The number of carbonyl (C=O) groups excluding carboxylic acids is 1. The number of hydrogen-bond acceptors (Lipinski definition) is 2. The SMILES string of the molecule is CC/C=C\C/C=C\C/C=C\C/C=C\C/C=C\CCC(C)(C)C(=O)OCC. The molecule has 0 radical (unpaired) electrons. The first kappa shape index (κ1) is 24.2. The lowest BCUT2D eigenvalue weighted by atomic mass is 9.88. The lowest BCUT2D eigenvalue weighted by Crippen LogP contribution is -2.26. The van der Waals surface area contributed by atoms with E-state index in [1.165, 1.54) is 0 Å². The molecule has 0 spiro atoms. The van der Waals surface area contributed by atoms with Crippen LogP contribution < -0.4 is 0 Å². The van der Waals surface area contributed by atoms with Crippen LogP contribution in [0.25, 0.3) is 0 Å². The molecule has 0 N–H and O–H groups in total. The minimum absolute atomic E-state index is 0.104. The van der Waals surface area contributed by atoms with Gasteiger partial charge in [0.1, 0.15) is 0 Å². The van der Waals surface area contributed by atoms with E-state index in [0.717, 1.165) is 44.9 Å². The fourth-order valence-corrected chi connectivity index (χ4v) is 2.24. The van der Waals surface area contributed by atoms with Crippen LogP contribution in [0.3, 0.4) is 0 Å². The first-order valence-electron chi connectivity index (χ1n) is 9.96. The van der Waals surface area contributed by atoms with Crippen molar-refractivity contribution in [3.05, 3.63) is 60.8 Å². The molecule has 0 aliphatic heterocycles. The van der Waals surface area contributed by atoms with Crippen molar-refractivity contribution >= 4 is 5.97 Å². The molecule has 0 aromatic carbocycles. The third-order valence-electron chi connectivity index (χ3n) is 3.92. The van der Waals surface area contributed by atoms with Crippen LogP contribution in [-0.4, -0.2) is 12.6 Å². The second-order valence-electron chi connectivity index (χ2n) is 6.85. The average molecular weight is 359 g/mol. The van der Waals surface area contributed by atoms with E-state index in [4.69, 9.17) is 4.74 Å². The van der Waals surface area contributed by atoms with Gasteiger partial charge in [0.2, 0.25) is 0 Å². The average Bonchev–Trinajstić information content (AvgIpc) is 2.61. The fraction of sp³-hybridized carbons (Fsp3) is 0.542. The van der Waals surface area contributed by atoms with Gasteiger partial charge in [0.05, 0.1) is 12.0 Å². The van der Waals surface area contributed by atoms with Gasteiger partial charge < -0.3 is 4.74 Å². The lowest BCUT2D eigenvalue weighted by molar-refractivity contribution is -0.153. The van der Waals surface area contributed by atoms with E-state index in [1.54, 1.807) is 0 Å². The van der Waals surface area contributed by atoms with Crippen molar-refractivity contribution in [1.29, 1.82) is 0 Å². The van der Waals surface area contributed by atoms with E-state index in [-0.39, 0.29) is 5.97 Å². The van der Waals surface area contributed by atoms with Crippen LogP contribution in [-0.2, 0) is 9.53 Å². The Morgan fingerprint density at radius 1 is 0.731 bits per heavy atom. The van der Waals surface area contributed by atoms with Crippen molar-refractivity contribution in [1.82, 2.24) is 0 Å². The molecule has 0 bridgehead atoms. The molecule has 0 rings (SSSR count). The molecule has 0 aliphatic rings. The summed E-state index contributed by atoms with van der Waals surface area (Å²) in [5, 5.41) is 0. The Bertz CT molecular complexity index is 490. The third kappa shape index (κ3) is 14.5. The summed E-state index contributed by atoms with van der Waals surface area (Å²) in [6.07, 6.45) is 28.7. The molecule has 0 aliphatic carbocycles. The summed E-state index contributed by atoms with van der Waals surface area (Å²) in [6.45, 7) is 8.34. The molecule has 0 aromatic heterocycles. The quantitative estimate of drug-likeness (QED) is 0.244. The van der Waals surface area contributed by atoms with Gasteiger partial charge in [-0.2, -0.15) is 0 Å². The maximum atomic E-state index is 11.8. The molecular weight excluding hydrogens is 320 g/mol. The molecule has 0 atom stereocenters. The van der Waals surface area contributed by atoms with E-state index in [9.17, 15) is 4.79 Å². The van der Waals surface area contributed by atoms with Crippen molar-refractivity contribution in [2.75, 3.05) is 6.61 Å². The highest BCUT2D eigenvalue weighted by molar-refractivity contribution is 5.75. The van der Waals surface area contributed by atoms with E-state index in [2.05, 4.69) is 67.7 Å². The van der Waals surface area contributed by atoms with E-state index in [1.807, 2.05) is 20.8 Å². The van der Waals surface area contributed by atoms with Crippen molar-refractivity contribution in [3.8, 4) is 0 Å². The summed E-state index contributed by atoms with van der Waals surface area (Å²) in [5.41, 5.74) is -0.401. The van der Waals surface area contributed by atoms with Crippen molar-refractivity contribution in [2.45, 2.75) is 72.6 Å². The van der Waals surface area contributed by atoms with Crippen molar-refractivity contribution in [2.24, 2.45) is 5.41 Å². The fourth-order valence-electron chi connectivity index (χ4n) is 2.24. The monoisotopic (exact) mass is 358 g/mol. The van der Waals surface area contributed by atoms with Gasteiger partial charge in [-0.05, 0) is 65.7 Å². The number of ether oxygens (including phenoxy) is 1. The Morgan fingerprint density at radius 3 is 1.58 bits per heavy atom. The van der Waals surface area contributed by atoms with Crippen molar-refractivity contribution < 1.29 is 9.53 Å². The number of hydrogen-bond donors (Lipinski definition) is 0. The Morgan fingerprint density at radius 2 is 1.15 bits per heavy atom. The van der Waals surface area contributed by atoms with E-state index in [0.29, 0.717) is 6.61 Å². The molecule has 0 amide bonds. The number of allylic oxidation sites excluding steroid dienone is 10. The Balaban J connectivity index is 3.74. The normalized spacial score (nSPS) is 13.2. The first-order valence-corrected chi connectivity index (χ1v) is 9.96. The minimum Gasteiger partial charge on any atom is -0.466 e. The smallest absolute Gasteiger partial charge is 0.311 e. The number of carbonyl (C=O) groups is 1. The molecule has 2 nitrogen and oxygen atoms in total. The zero-order valence-corrected chi connectivity index (χ0v) is 17.2. The Labute approximate surface area is 161 Å². The molecule has 146 valence electrons. The van der Waals surface area contributed by atoms with Gasteiger partial charge in [-0.3, -0.25) is 4.79 Å². The van der Waals surface area contributed by atoms with Crippen LogP contribution in [0.1, 0.15) is 72.6 Å². The second kappa shape index (κ2) is 16.6. The van der Waals surface area contributed by atoms with Gasteiger partial charge in [-0.25, -0.2) is 0 Å². The van der Waals surface area contributed by atoms with E-state index < -0.39 is 5.41 Å². The molecule has 0 saturated carbocycles. The van der Waals surface area contributed by atoms with Crippen molar-refractivity contribution in [3.63, 3.8) is 0 Å². The molecule has 0 aromatic rings. The highest BCUT2D eigenvalue weighted by Gasteiger charge is 2.27. The summed E-state index contributed by atoms with van der Waals surface area (Å²) in [5.74, 6) is -0.104. The molecule has 0 saturated heterocycles. The summed E-state index contributed by atoms with van der Waals surface area (Å²) in [7, 11) is 0. The summed E-state index contributed by atoms with van der Waals surface area (Å²) < 4.78 is 5.10. The zero-order chi connectivity index (χ0) is 19.5. The predicted molar refractivity (Wildman–Crippen MR) is 114 cm³/mol. The van der Waals surface area contributed by atoms with Crippen LogP contribution in [0.5, 0.6) is 0 Å². The number of rotatable bonds is 14. The molecule has 0 unspecified atom stereocenters. The van der Waals surface area contributed by atoms with Gasteiger partial charge in [-0.1, -0.05) is 67.7 Å². The topological polar surface area (TPSA) is 26.3 Å². The maximum Gasteiger partial charge on any atom is 0.311 e. The van der Waals surface area contributed by atoms with E-state index >= 15 is 0 Å². The lowest BCUT2D eigenvalue weighted by Gasteiger charge is -2.21. The van der Waals surface area contributed by atoms with Gasteiger partial charge in [0.25, 0.3) is 0 Å². The first-order chi connectivity index (χ1) is 12.5.